The minimum atomic E-state index is 0.497. The number of aliphatic imine (C=N–C) groups is 1. The Morgan fingerprint density at radius 1 is 0.767 bits per heavy atom. The number of allylic oxidation sites excluding steroid dienone is 3. The molecule has 6 heteroatoms. The zero-order chi connectivity index (χ0) is 21.1. The number of para-hydroxylation sites is 2. The Balaban J connectivity index is 1.76. The molecule has 0 spiro atoms. The quantitative estimate of drug-likeness (QED) is 0.344. The molecule has 3 aromatic rings. The van der Waals surface area contributed by atoms with E-state index in [2.05, 4.69) is 10.3 Å². The minimum Gasteiger partial charge on any atom is -0.398 e. The van der Waals surface area contributed by atoms with Crippen molar-refractivity contribution in [2.45, 2.75) is 0 Å². The highest BCUT2D eigenvalue weighted by atomic mass is 14.9. The predicted octanol–water partition coefficient (Wildman–Crippen LogP) is 2.81. The molecule has 4 rings (SSSR count). The molecular weight excluding hydrogens is 372 g/mol. The third kappa shape index (κ3) is 3.93. The third-order valence-corrected chi connectivity index (χ3v) is 4.77. The molecule has 1 aliphatic rings. The van der Waals surface area contributed by atoms with Gasteiger partial charge in [0.05, 0.1) is 34.0 Å². The molecule has 9 N–H and O–H groups in total. The fraction of sp³-hybridized carbons (Fsp3) is 0. The predicted molar refractivity (Wildman–Crippen MR) is 126 cm³/mol. The maximum Gasteiger partial charge on any atom is 0.206 e. The van der Waals surface area contributed by atoms with Crippen molar-refractivity contribution in [2.24, 2.45) is 10.7 Å². The molecule has 148 valence electrons. The first-order valence-corrected chi connectivity index (χ1v) is 9.48. The van der Waals surface area contributed by atoms with Gasteiger partial charge in [0, 0.05) is 23.0 Å². The standard InChI is InChI=1S/C24H22N6/c25-19-13-21(27)23(29-15-7-3-1-4-8-15)11-17(19)18-12-24(22(28)14-20(18)26)30-16-9-5-2-6-10-16/h1-14,25,30H,26-28H2/p+1. The molecule has 0 aromatic heterocycles. The van der Waals surface area contributed by atoms with Crippen LogP contribution in [0.4, 0.5) is 28.4 Å². The van der Waals surface area contributed by atoms with E-state index in [0.29, 0.717) is 28.5 Å². The molecule has 3 aromatic carbocycles. The summed E-state index contributed by atoms with van der Waals surface area (Å²) in [5.41, 5.74) is 25.3. The van der Waals surface area contributed by atoms with E-state index in [-0.39, 0.29) is 0 Å². The van der Waals surface area contributed by atoms with Gasteiger partial charge in [-0.05, 0) is 42.5 Å². The summed E-state index contributed by atoms with van der Waals surface area (Å²) in [5, 5.41) is 9.62. The number of nitrogens with one attached hydrogen (secondary N) is 1. The van der Waals surface area contributed by atoms with Gasteiger partial charge in [-0.3, -0.25) is 5.41 Å². The van der Waals surface area contributed by atoms with Crippen LogP contribution in [0, 0.1) is 0 Å². The van der Waals surface area contributed by atoms with Crippen molar-refractivity contribution in [1.82, 2.24) is 0 Å². The van der Waals surface area contributed by atoms with Gasteiger partial charge < -0.3 is 22.5 Å². The zero-order valence-electron chi connectivity index (χ0n) is 16.3. The van der Waals surface area contributed by atoms with E-state index < -0.39 is 0 Å². The summed E-state index contributed by atoms with van der Waals surface area (Å²) in [4.78, 5) is 4.64. The van der Waals surface area contributed by atoms with Crippen LogP contribution in [0.5, 0.6) is 0 Å². The Morgan fingerprint density at radius 3 is 2.13 bits per heavy atom. The third-order valence-electron chi connectivity index (χ3n) is 4.77. The first-order chi connectivity index (χ1) is 14.5. The fourth-order valence-electron chi connectivity index (χ4n) is 3.25. The summed E-state index contributed by atoms with van der Waals surface area (Å²) in [6, 6.07) is 23.0. The molecule has 0 radical (unpaired) electrons. The molecule has 0 saturated carbocycles. The molecule has 0 amide bonds. The first kappa shape index (κ1) is 19.0. The van der Waals surface area contributed by atoms with Crippen molar-refractivity contribution < 1.29 is 5.41 Å². The molecule has 6 nitrogen and oxygen atoms in total. The fourth-order valence-corrected chi connectivity index (χ4v) is 3.25. The smallest absolute Gasteiger partial charge is 0.206 e. The van der Waals surface area contributed by atoms with E-state index >= 15 is 0 Å². The number of benzene rings is 3. The molecule has 0 fully saturated rings. The summed E-state index contributed by atoms with van der Waals surface area (Å²) in [6.45, 7) is 0. The summed E-state index contributed by atoms with van der Waals surface area (Å²) < 4.78 is 0. The number of nitrogen functional groups attached to an aromatic ring is 2. The highest BCUT2D eigenvalue weighted by molar-refractivity contribution is 6.37. The number of hydrogen-bond donors (Lipinski definition) is 5. The van der Waals surface area contributed by atoms with Crippen molar-refractivity contribution >= 4 is 45.4 Å². The van der Waals surface area contributed by atoms with E-state index in [1.807, 2.05) is 72.8 Å². The lowest BCUT2D eigenvalue weighted by molar-refractivity contribution is -0.109. The lowest BCUT2D eigenvalue weighted by Gasteiger charge is -2.17. The van der Waals surface area contributed by atoms with Gasteiger partial charge in [-0.1, -0.05) is 36.4 Å². The molecule has 0 heterocycles. The second kappa shape index (κ2) is 7.97. The van der Waals surface area contributed by atoms with E-state index in [4.69, 9.17) is 22.6 Å². The van der Waals surface area contributed by atoms with E-state index in [0.717, 1.165) is 28.2 Å². The van der Waals surface area contributed by atoms with Crippen LogP contribution in [0.2, 0.25) is 0 Å². The topological polar surface area (TPSA) is 128 Å². The molecule has 0 atom stereocenters. The van der Waals surface area contributed by atoms with Crippen molar-refractivity contribution in [1.29, 1.82) is 0 Å². The lowest BCUT2D eigenvalue weighted by Crippen LogP contribution is -2.41. The average molecular weight is 395 g/mol. The van der Waals surface area contributed by atoms with Gasteiger partial charge in [-0.25, -0.2) is 4.99 Å². The molecule has 1 aliphatic carbocycles. The van der Waals surface area contributed by atoms with Crippen molar-refractivity contribution in [3.8, 4) is 0 Å². The van der Waals surface area contributed by atoms with E-state index in [1.54, 1.807) is 12.1 Å². The number of nitrogens with two attached hydrogens (primary N) is 4. The number of nitrogens with zero attached hydrogens (tertiary/aromatic N) is 1. The highest BCUT2D eigenvalue weighted by Crippen LogP contribution is 2.34. The second-order valence-corrected chi connectivity index (χ2v) is 6.96. The molecular formula is C24H23N6+. The molecule has 0 saturated heterocycles. The van der Waals surface area contributed by atoms with Gasteiger partial charge in [0.2, 0.25) is 5.71 Å². The van der Waals surface area contributed by atoms with Gasteiger partial charge in [-0.15, -0.1) is 0 Å². The van der Waals surface area contributed by atoms with Crippen LogP contribution in [-0.4, -0.2) is 11.4 Å². The van der Waals surface area contributed by atoms with Crippen molar-refractivity contribution in [2.75, 3.05) is 16.8 Å². The van der Waals surface area contributed by atoms with Crippen LogP contribution in [0.3, 0.4) is 0 Å². The zero-order valence-corrected chi connectivity index (χ0v) is 16.3. The molecule has 0 unspecified atom stereocenters. The van der Waals surface area contributed by atoms with Crippen LogP contribution >= 0.6 is 0 Å². The summed E-state index contributed by atoms with van der Waals surface area (Å²) in [6.07, 6.45) is 3.56. The number of hydrogen-bond acceptors (Lipinski definition) is 5. The summed E-state index contributed by atoms with van der Waals surface area (Å²) >= 11 is 0. The molecule has 30 heavy (non-hydrogen) atoms. The number of anilines is 4. The van der Waals surface area contributed by atoms with Gasteiger partial charge in [-0.2, -0.15) is 0 Å². The van der Waals surface area contributed by atoms with Gasteiger partial charge >= 0.3 is 0 Å². The van der Waals surface area contributed by atoms with Gasteiger partial charge in [0.15, 0.2) is 0 Å². The SMILES string of the molecule is NC1=CC(=[NH2+])C(c2cc(Nc3ccccc3)c(N)cc2N)=CC1=Nc1ccccc1. The highest BCUT2D eigenvalue weighted by Gasteiger charge is 2.22. The average Bonchev–Trinajstić information content (AvgIpc) is 2.74. The number of rotatable bonds is 4. The second-order valence-electron chi connectivity index (χ2n) is 6.96. The Kier molecular flexibility index (Phi) is 5.05. The monoisotopic (exact) mass is 395 g/mol. The van der Waals surface area contributed by atoms with E-state index in [9.17, 15) is 0 Å². The van der Waals surface area contributed by atoms with Crippen LogP contribution in [0.25, 0.3) is 5.57 Å². The summed E-state index contributed by atoms with van der Waals surface area (Å²) in [5.74, 6) is 0. The maximum atomic E-state index is 6.30. The molecule has 0 bridgehead atoms. The van der Waals surface area contributed by atoms with E-state index in [1.165, 1.54) is 0 Å². The van der Waals surface area contributed by atoms with Crippen LogP contribution in [0.15, 0.2) is 95.6 Å². The Morgan fingerprint density at radius 2 is 1.43 bits per heavy atom. The molecule has 0 aliphatic heterocycles. The van der Waals surface area contributed by atoms with Crippen molar-refractivity contribution in [3.63, 3.8) is 0 Å². The minimum absolute atomic E-state index is 0.497. The normalized spacial score (nSPS) is 14.9. The lowest BCUT2D eigenvalue weighted by atomic mass is 9.92. The van der Waals surface area contributed by atoms with Crippen molar-refractivity contribution in [3.05, 3.63) is 96.2 Å². The summed E-state index contributed by atoms with van der Waals surface area (Å²) in [7, 11) is 0. The Labute approximate surface area is 175 Å². The van der Waals surface area contributed by atoms with Crippen LogP contribution in [0.1, 0.15) is 5.56 Å². The Bertz CT molecular complexity index is 1190. The maximum absolute atomic E-state index is 6.30. The largest absolute Gasteiger partial charge is 0.398 e. The van der Waals surface area contributed by atoms with Gasteiger partial charge in [0.1, 0.15) is 0 Å². The van der Waals surface area contributed by atoms with Crippen LogP contribution in [-0.2, 0) is 0 Å². The van der Waals surface area contributed by atoms with Gasteiger partial charge in [0.25, 0.3) is 0 Å². The van der Waals surface area contributed by atoms with Crippen LogP contribution < -0.4 is 27.9 Å². The Hall–Kier alpha value is -4.32. The first-order valence-electron chi connectivity index (χ1n) is 9.48.